The van der Waals surface area contributed by atoms with Gasteiger partial charge in [0.15, 0.2) is 0 Å². The van der Waals surface area contributed by atoms with Gasteiger partial charge in [-0.15, -0.1) is 0 Å². The van der Waals surface area contributed by atoms with Crippen LogP contribution in [0, 0.1) is 5.82 Å². The van der Waals surface area contributed by atoms with Crippen molar-refractivity contribution in [2.45, 2.75) is 19.8 Å². The summed E-state index contributed by atoms with van der Waals surface area (Å²) in [6.07, 6.45) is 1.04. The number of amides is 2. The number of halogens is 1. The van der Waals surface area contributed by atoms with Gasteiger partial charge in [-0.1, -0.05) is 19.1 Å². The molecule has 0 spiro atoms. The molecule has 0 fully saturated rings. The third kappa shape index (κ3) is 5.21. The molecule has 0 atom stereocenters. The lowest BCUT2D eigenvalue weighted by Crippen LogP contribution is -2.25. The Morgan fingerprint density at radius 3 is 2.26 bits per heavy atom. The molecule has 2 amide bonds. The quantitative estimate of drug-likeness (QED) is 0.860. The van der Waals surface area contributed by atoms with Crippen LogP contribution in [0.4, 0.5) is 10.1 Å². The molecule has 0 aliphatic carbocycles. The monoisotopic (exact) mass is 314 g/mol. The molecule has 2 rings (SSSR count). The summed E-state index contributed by atoms with van der Waals surface area (Å²) in [6.45, 7) is 2.25. The Kier molecular flexibility index (Phi) is 5.86. The molecule has 4 nitrogen and oxygen atoms in total. The van der Waals surface area contributed by atoms with Crippen LogP contribution in [0.5, 0.6) is 0 Å². The van der Waals surface area contributed by atoms with Gasteiger partial charge in [0.05, 0.1) is 0 Å². The predicted octanol–water partition coefficient (Wildman–Crippen LogP) is 3.15. The van der Waals surface area contributed by atoms with E-state index in [4.69, 9.17) is 0 Å². The predicted molar refractivity (Wildman–Crippen MR) is 87.8 cm³/mol. The van der Waals surface area contributed by atoms with E-state index in [1.54, 1.807) is 43.3 Å². The number of hydrogen-bond acceptors (Lipinski definition) is 2. The molecule has 0 unspecified atom stereocenters. The first-order valence-electron chi connectivity index (χ1n) is 7.51. The highest BCUT2D eigenvalue weighted by Gasteiger charge is 2.06. The molecule has 2 N–H and O–H groups in total. The van der Waals surface area contributed by atoms with E-state index in [1.165, 1.54) is 12.1 Å². The van der Waals surface area contributed by atoms with Crippen LogP contribution in [0.2, 0.25) is 0 Å². The zero-order chi connectivity index (χ0) is 16.7. The van der Waals surface area contributed by atoms with E-state index in [1.807, 2.05) is 0 Å². The molecule has 2 aromatic carbocycles. The lowest BCUT2D eigenvalue weighted by Gasteiger charge is -2.07. The van der Waals surface area contributed by atoms with Crippen LogP contribution in [0.1, 0.15) is 29.3 Å². The Morgan fingerprint density at radius 2 is 1.65 bits per heavy atom. The first-order chi connectivity index (χ1) is 11.1. The number of hydrogen-bond donors (Lipinski definition) is 2. The third-order valence-corrected chi connectivity index (χ3v) is 3.36. The Labute approximate surface area is 134 Å². The van der Waals surface area contributed by atoms with Gasteiger partial charge >= 0.3 is 0 Å². The van der Waals surface area contributed by atoms with Crippen molar-refractivity contribution in [3.05, 3.63) is 65.5 Å². The summed E-state index contributed by atoms with van der Waals surface area (Å²) in [4.78, 5) is 23.3. The molecular weight excluding hydrogens is 295 g/mol. The summed E-state index contributed by atoms with van der Waals surface area (Å²) >= 11 is 0. The zero-order valence-corrected chi connectivity index (χ0v) is 12.9. The second-order valence-electron chi connectivity index (χ2n) is 5.11. The summed E-state index contributed by atoms with van der Waals surface area (Å²) in [5, 5.41) is 5.54. The van der Waals surface area contributed by atoms with E-state index in [2.05, 4.69) is 10.6 Å². The van der Waals surface area contributed by atoms with Crippen molar-refractivity contribution in [3.8, 4) is 0 Å². The summed E-state index contributed by atoms with van der Waals surface area (Å²) < 4.78 is 12.8. The van der Waals surface area contributed by atoms with Crippen molar-refractivity contribution in [2.75, 3.05) is 11.9 Å². The molecule has 0 radical (unpaired) electrons. The molecule has 0 bridgehead atoms. The Hall–Kier alpha value is -2.69. The standard InChI is InChI=1S/C18H19FN2O2/c1-2-17(22)21-16-9-5-14(6-10-16)18(23)20-12-11-13-3-7-15(19)8-4-13/h3-10H,2,11-12H2,1H3,(H,20,23)(H,21,22). The zero-order valence-electron chi connectivity index (χ0n) is 12.9. The number of nitrogens with one attached hydrogen (secondary N) is 2. The molecule has 120 valence electrons. The minimum absolute atomic E-state index is 0.0681. The van der Waals surface area contributed by atoms with Gasteiger partial charge in [0.1, 0.15) is 5.82 Å². The number of carbonyl (C=O) groups excluding carboxylic acids is 2. The van der Waals surface area contributed by atoms with Crippen molar-refractivity contribution in [3.63, 3.8) is 0 Å². The first-order valence-corrected chi connectivity index (χ1v) is 7.51. The fourth-order valence-electron chi connectivity index (χ4n) is 2.03. The largest absolute Gasteiger partial charge is 0.352 e. The number of benzene rings is 2. The van der Waals surface area contributed by atoms with Crippen LogP contribution in [-0.4, -0.2) is 18.4 Å². The van der Waals surface area contributed by atoms with E-state index in [9.17, 15) is 14.0 Å². The van der Waals surface area contributed by atoms with Crippen molar-refractivity contribution >= 4 is 17.5 Å². The number of anilines is 1. The molecule has 0 saturated carbocycles. The van der Waals surface area contributed by atoms with Gasteiger partial charge in [0.2, 0.25) is 5.91 Å². The van der Waals surface area contributed by atoms with Crippen LogP contribution in [-0.2, 0) is 11.2 Å². The molecule has 2 aromatic rings. The van der Waals surface area contributed by atoms with E-state index >= 15 is 0 Å². The second-order valence-corrected chi connectivity index (χ2v) is 5.11. The van der Waals surface area contributed by atoms with Gasteiger partial charge in [-0.3, -0.25) is 9.59 Å². The fraction of sp³-hybridized carbons (Fsp3) is 0.222. The molecular formula is C18H19FN2O2. The summed E-state index contributed by atoms with van der Waals surface area (Å²) in [5.41, 5.74) is 2.16. The van der Waals surface area contributed by atoms with Crippen LogP contribution in [0.25, 0.3) is 0 Å². The van der Waals surface area contributed by atoms with Gasteiger partial charge < -0.3 is 10.6 Å². The van der Waals surface area contributed by atoms with Crippen molar-refractivity contribution < 1.29 is 14.0 Å². The number of carbonyl (C=O) groups is 2. The highest BCUT2D eigenvalue weighted by molar-refractivity contribution is 5.95. The summed E-state index contributed by atoms with van der Waals surface area (Å²) in [6, 6.07) is 12.9. The Morgan fingerprint density at radius 1 is 1.00 bits per heavy atom. The molecule has 0 aliphatic heterocycles. The minimum atomic E-state index is -0.270. The summed E-state index contributed by atoms with van der Waals surface area (Å²) in [5.74, 6) is -0.519. The average molecular weight is 314 g/mol. The topological polar surface area (TPSA) is 58.2 Å². The molecule has 0 aromatic heterocycles. The molecule has 5 heteroatoms. The highest BCUT2D eigenvalue weighted by atomic mass is 19.1. The third-order valence-electron chi connectivity index (χ3n) is 3.36. The minimum Gasteiger partial charge on any atom is -0.352 e. The van der Waals surface area contributed by atoms with Gasteiger partial charge in [0.25, 0.3) is 5.91 Å². The van der Waals surface area contributed by atoms with E-state index in [-0.39, 0.29) is 17.6 Å². The molecule has 23 heavy (non-hydrogen) atoms. The number of rotatable bonds is 6. The maximum Gasteiger partial charge on any atom is 0.251 e. The highest BCUT2D eigenvalue weighted by Crippen LogP contribution is 2.10. The lowest BCUT2D eigenvalue weighted by atomic mass is 10.1. The lowest BCUT2D eigenvalue weighted by molar-refractivity contribution is -0.115. The average Bonchev–Trinajstić information content (AvgIpc) is 2.57. The van der Waals surface area contributed by atoms with Gasteiger partial charge in [-0.2, -0.15) is 0 Å². The van der Waals surface area contributed by atoms with Crippen LogP contribution >= 0.6 is 0 Å². The summed E-state index contributed by atoms with van der Waals surface area (Å²) in [7, 11) is 0. The molecule has 0 heterocycles. The SMILES string of the molecule is CCC(=O)Nc1ccc(C(=O)NCCc2ccc(F)cc2)cc1. The van der Waals surface area contributed by atoms with Crippen molar-refractivity contribution in [1.29, 1.82) is 0 Å². The van der Waals surface area contributed by atoms with E-state index in [0.717, 1.165) is 5.56 Å². The van der Waals surface area contributed by atoms with Crippen molar-refractivity contribution in [1.82, 2.24) is 5.32 Å². The smallest absolute Gasteiger partial charge is 0.251 e. The molecule has 0 saturated heterocycles. The van der Waals surface area contributed by atoms with E-state index < -0.39 is 0 Å². The first kappa shape index (κ1) is 16.7. The van der Waals surface area contributed by atoms with E-state index in [0.29, 0.717) is 30.6 Å². The van der Waals surface area contributed by atoms with Crippen molar-refractivity contribution in [2.24, 2.45) is 0 Å². The molecule has 0 aliphatic rings. The Bertz CT molecular complexity index is 666. The van der Waals surface area contributed by atoms with Gasteiger partial charge in [-0.05, 0) is 48.4 Å². The van der Waals surface area contributed by atoms with Crippen LogP contribution < -0.4 is 10.6 Å². The van der Waals surface area contributed by atoms with Crippen LogP contribution in [0.3, 0.4) is 0 Å². The van der Waals surface area contributed by atoms with Crippen LogP contribution in [0.15, 0.2) is 48.5 Å². The normalized spacial score (nSPS) is 10.2. The van der Waals surface area contributed by atoms with Gasteiger partial charge in [0, 0.05) is 24.2 Å². The maximum absolute atomic E-state index is 12.8. The second kappa shape index (κ2) is 8.08. The van der Waals surface area contributed by atoms with Gasteiger partial charge in [-0.25, -0.2) is 4.39 Å². The maximum atomic E-state index is 12.8. The fourth-order valence-corrected chi connectivity index (χ4v) is 2.03. The Balaban J connectivity index is 1.83.